The van der Waals surface area contributed by atoms with Crippen LogP contribution in [0.4, 0.5) is 0 Å². The molecule has 3 aromatic rings. The van der Waals surface area contributed by atoms with Crippen LogP contribution in [0.1, 0.15) is 25.7 Å². The van der Waals surface area contributed by atoms with E-state index < -0.39 is 0 Å². The second-order valence-corrected chi connectivity index (χ2v) is 9.40. The molecular weight excluding hydrogens is 434 g/mol. The number of amides is 1. The summed E-state index contributed by atoms with van der Waals surface area (Å²) in [6, 6.07) is 9.66. The number of aryl methyl sites for hydroxylation is 2. The van der Waals surface area contributed by atoms with Crippen LogP contribution in [0.5, 0.6) is 0 Å². The highest BCUT2D eigenvalue weighted by Crippen LogP contribution is 2.24. The van der Waals surface area contributed by atoms with Gasteiger partial charge in [0.2, 0.25) is 11.1 Å². The van der Waals surface area contributed by atoms with Crippen molar-refractivity contribution < 1.29 is 14.3 Å². The van der Waals surface area contributed by atoms with E-state index in [0.29, 0.717) is 42.8 Å². The standard InChI is InChI=1S/C21H23N5O3S2/c1-14-3-4-16(11-15(14)2)26-21(22-23-24-26)30-13-18(27)19-6-5-17(31-19)12-20(28)25-7-9-29-10-8-25/h3-6,11H,7-10,12-13H2,1-2H3. The maximum Gasteiger partial charge on any atom is 0.227 e. The van der Waals surface area contributed by atoms with Gasteiger partial charge in [-0.2, -0.15) is 4.68 Å². The zero-order chi connectivity index (χ0) is 21.8. The lowest BCUT2D eigenvalue weighted by atomic mass is 10.1. The Bertz CT molecular complexity index is 1090. The van der Waals surface area contributed by atoms with Crippen LogP contribution >= 0.6 is 23.1 Å². The summed E-state index contributed by atoms with van der Waals surface area (Å²) in [5.41, 5.74) is 3.21. The predicted molar refractivity (Wildman–Crippen MR) is 119 cm³/mol. The van der Waals surface area contributed by atoms with Crippen molar-refractivity contribution in [3.05, 3.63) is 51.2 Å². The SMILES string of the molecule is Cc1ccc(-n2nnnc2SCC(=O)c2ccc(CC(=O)N3CCOCC3)s2)cc1C. The van der Waals surface area contributed by atoms with Crippen molar-refractivity contribution in [3.8, 4) is 5.69 Å². The van der Waals surface area contributed by atoms with Crippen molar-refractivity contribution >= 4 is 34.8 Å². The van der Waals surface area contributed by atoms with Crippen LogP contribution in [0.15, 0.2) is 35.5 Å². The summed E-state index contributed by atoms with van der Waals surface area (Å²) in [6.45, 7) is 6.51. The molecule has 31 heavy (non-hydrogen) atoms. The molecule has 2 aromatic heterocycles. The maximum absolute atomic E-state index is 12.7. The fraction of sp³-hybridized carbons (Fsp3) is 0.381. The molecule has 162 valence electrons. The van der Waals surface area contributed by atoms with E-state index in [4.69, 9.17) is 4.74 Å². The largest absolute Gasteiger partial charge is 0.378 e. The van der Waals surface area contributed by atoms with Crippen LogP contribution in [-0.2, 0) is 16.0 Å². The van der Waals surface area contributed by atoms with Crippen molar-refractivity contribution in [2.24, 2.45) is 0 Å². The lowest BCUT2D eigenvalue weighted by Gasteiger charge is -2.26. The quantitative estimate of drug-likeness (QED) is 0.398. The molecule has 10 heteroatoms. The average Bonchev–Trinajstić information content (AvgIpc) is 3.44. The topological polar surface area (TPSA) is 90.2 Å². The Labute approximate surface area is 188 Å². The molecule has 1 aliphatic heterocycles. The molecule has 0 radical (unpaired) electrons. The third-order valence-electron chi connectivity index (χ3n) is 5.13. The lowest BCUT2D eigenvalue weighted by Crippen LogP contribution is -2.41. The van der Waals surface area contributed by atoms with Gasteiger partial charge in [-0.15, -0.1) is 16.4 Å². The Morgan fingerprint density at radius 2 is 1.94 bits per heavy atom. The van der Waals surface area contributed by atoms with E-state index in [1.807, 2.05) is 36.1 Å². The van der Waals surface area contributed by atoms with E-state index in [1.165, 1.54) is 28.7 Å². The minimum atomic E-state index is -0.00490. The van der Waals surface area contributed by atoms with Gasteiger partial charge in [0.05, 0.1) is 36.0 Å². The molecule has 0 N–H and O–H groups in total. The van der Waals surface area contributed by atoms with Gasteiger partial charge < -0.3 is 9.64 Å². The minimum Gasteiger partial charge on any atom is -0.378 e. The van der Waals surface area contributed by atoms with Gasteiger partial charge in [-0.05, 0) is 59.7 Å². The monoisotopic (exact) mass is 457 g/mol. The normalized spacial score (nSPS) is 14.1. The molecule has 0 bridgehead atoms. The van der Waals surface area contributed by atoms with Gasteiger partial charge in [0.15, 0.2) is 5.78 Å². The smallest absolute Gasteiger partial charge is 0.227 e. The first-order valence-electron chi connectivity index (χ1n) is 9.97. The molecule has 0 atom stereocenters. The second-order valence-electron chi connectivity index (χ2n) is 7.29. The molecule has 1 aromatic carbocycles. The van der Waals surface area contributed by atoms with Gasteiger partial charge >= 0.3 is 0 Å². The van der Waals surface area contributed by atoms with E-state index in [1.54, 1.807) is 10.7 Å². The molecule has 4 rings (SSSR count). The average molecular weight is 458 g/mol. The number of hydrogen-bond acceptors (Lipinski definition) is 8. The van der Waals surface area contributed by atoms with E-state index >= 15 is 0 Å². The number of rotatable bonds is 7. The molecule has 1 saturated heterocycles. The number of thioether (sulfide) groups is 1. The highest BCUT2D eigenvalue weighted by molar-refractivity contribution is 7.99. The molecule has 0 spiro atoms. The first-order valence-corrected chi connectivity index (χ1v) is 11.8. The summed E-state index contributed by atoms with van der Waals surface area (Å²) in [4.78, 5) is 28.4. The molecule has 0 aliphatic carbocycles. The summed E-state index contributed by atoms with van der Waals surface area (Å²) in [6.07, 6.45) is 0.316. The highest BCUT2D eigenvalue weighted by atomic mass is 32.2. The molecular formula is C21H23N5O3S2. The number of tetrazole rings is 1. The number of carbonyl (C=O) groups excluding carboxylic acids is 2. The lowest BCUT2D eigenvalue weighted by molar-refractivity contribution is -0.134. The van der Waals surface area contributed by atoms with Gasteiger partial charge in [0.1, 0.15) is 0 Å². The molecule has 1 amide bonds. The van der Waals surface area contributed by atoms with Crippen molar-refractivity contribution in [2.75, 3.05) is 32.1 Å². The van der Waals surface area contributed by atoms with E-state index in [-0.39, 0.29) is 17.4 Å². The number of Topliss-reactive ketones (excluding diaryl/α,β-unsaturated/α-hetero) is 1. The van der Waals surface area contributed by atoms with Gasteiger partial charge in [0, 0.05) is 18.0 Å². The number of aromatic nitrogens is 4. The first-order chi connectivity index (χ1) is 15.0. The van der Waals surface area contributed by atoms with Gasteiger partial charge in [-0.3, -0.25) is 9.59 Å². The van der Waals surface area contributed by atoms with Crippen LogP contribution in [0.2, 0.25) is 0 Å². The van der Waals surface area contributed by atoms with Crippen molar-refractivity contribution in [2.45, 2.75) is 25.4 Å². The summed E-state index contributed by atoms with van der Waals surface area (Å²) < 4.78 is 6.93. The number of nitrogens with zero attached hydrogens (tertiary/aromatic N) is 5. The Balaban J connectivity index is 1.36. The minimum absolute atomic E-state index is 0.00490. The number of morpholine rings is 1. The summed E-state index contributed by atoms with van der Waals surface area (Å²) >= 11 is 2.68. The zero-order valence-corrected chi connectivity index (χ0v) is 19.0. The Morgan fingerprint density at radius 3 is 2.71 bits per heavy atom. The Morgan fingerprint density at radius 1 is 1.13 bits per heavy atom. The predicted octanol–water partition coefficient (Wildman–Crippen LogP) is 2.72. The number of hydrogen-bond donors (Lipinski definition) is 0. The second kappa shape index (κ2) is 9.71. The van der Waals surface area contributed by atoms with E-state index in [0.717, 1.165) is 16.1 Å². The Hall–Kier alpha value is -2.56. The van der Waals surface area contributed by atoms with Crippen LogP contribution in [0.25, 0.3) is 5.69 Å². The molecule has 1 fully saturated rings. The van der Waals surface area contributed by atoms with Gasteiger partial charge in [-0.1, -0.05) is 17.8 Å². The summed E-state index contributed by atoms with van der Waals surface area (Å²) in [5.74, 6) is 0.295. The molecule has 8 nitrogen and oxygen atoms in total. The number of benzene rings is 1. The van der Waals surface area contributed by atoms with Crippen molar-refractivity contribution in [3.63, 3.8) is 0 Å². The third kappa shape index (κ3) is 5.20. The zero-order valence-electron chi connectivity index (χ0n) is 17.4. The molecule has 0 saturated carbocycles. The fourth-order valence-corrected chi connectivity index (χ4v) is 4.99. The van der Waals surface area contributed by atoms with Gasteiger partial charge in [0.25, 0.3) is 0 Å². The Kier molecular flexibility index (Phi) is 6.79. The number of thiophene rings is 1. The number of ether oxygens (including phenoxy) is 1. The number of ketones is 1. The summed E-state index contributed by atoms with van der Waals surface area (Å²) in [7, 11) is 0. The van der Waals surface area contributed by atoms with Crippen LogP contribution in [0, 0.1) is 13.8 Å². The summed E-state index contributed by atoms with van der Waals surface area (Å²) in [5, 5.41) is 12.5. The maximum atomic E-state index is 12.7. The van der Waals surface area contributed by atoms with Crippen molar-refractivity contribution in [1.82, 2.24) is 25.1 Å². The third-order valence-corrected chi connectivity index (χ3v) is 7.18. The van der Waals surface area contributed by atoms with Crippen LogP contribution in [-0.4, -0.2) is 68.9 Å². The van der Waals surface area contributed by atoms with Crippen LogP contribution < -0.4 is 0 Å². The first kappa shape index (κ1) is 21.7. The molecule has 3 heterocycles. The van der Waals surface area contributed by atoms with Crippen molar-refractivity contribution in [1.29, 1.82) is 0 Å². The van der Waals surface area contributed by atoms with E-state index in [9.17, 15) is 9.59 Å². The fourth-order valence-electron chi connectivity index (χ4n) is 3.19. The van der Waals surface area contributed by atoms with Gasteiger partial charge in [-0.25, -0.2) is 0 Å². The molecule has 0 unspecified atom stereocenters. The molecule has 1 aliphatic rings. The van der Waals surface area contributed by atoms with Crippen LogP contribution in [0.3, 0.4) is 0 Å². The highest BCUT2D eigenvalue weighted by Gasteiger charge is 2.19. The van der Waals surface area contributed by atoms with E-state index in [2.05, 4.69) is 22.4 Å². The number of carbonyl (C=O) groups is 2.